The van der Waals surface area contributed by atoms with E-state index < -0.39 is 0 Å². The minimum absolute atomic E-state index is 0.00652. The monoisotopic (exact) mass is 345 g/mol. The average molecular weight is 345 g/mol. The van der Waals surface area contributed by atoms with Crippen LogP contribution in [-0.2, 0) is 11.2 Å². The first-order valence-electron chi connectivity index (χ1n) is 8.71. The number of thioether (sulfide) groups is 1. The summed E-state index contributed by atoms with van der Waals surface area (Å²) < 4.78 is 0. The lowest BCUT2D eigenvalue weighted by Crippen LogP contribution is -2.52. The summed E-state index contributed by atoms with van der Waals surface area (Å²) in [6, 6.07) is 6.64. The number of piperidine rings is 1. The van der Waals surface area contributed by atoms with Crippen LogP contribution in [0.3, 0.4) is 0 Å². The maximum absolute atomic E-state index is 13.0. The van der Waals surface area contributed by atoms with Gasteiger partial charge in [0.25, 0.3) is 0 Å². The summed E-state index contributed by atoms with van der Waals surface area (Å²) in [6.45, 7) is 5.06. The van der Waals surface area contributed by atoms with Gasteiger partial charge in [0, 0.05) is 31.1 Å². The molecule has 5 nitrogen and oxygen atoms in total. The van der Waals surface area contributed by atoms with Gasteiger partial charge in [0.15, 0.2) is 0 Å². The zero-order chi connectivity index (χ0) is 16.7. The molecule has 1 aromatic rings. The number of likely N-dealkylation sites (tertiary alicyclic amines) is 1. The van der Waals surface area contributed by atoms with Gasteiger partial charge in [-0.25, -0.2) is 4.79 Å². The number of rotatable bonds is 2. The molecule has 0 radical (unpaired) electrons. The van der Waals surface area contributed by atoms with Crippen LogP contribution < -0.4 is 5.32 Å². The second-order valence-corrected chi connectivity index (χ2v) is 8.17. The molecule has 0 unspecified atom stereocenters. The third-order valence-corrected chi connectivity index (χ3v) is 6.50. The number of nitrogens with zero attached hydrogens (tertiary/aromatic N) is 2. The van der Waals surface area contributed by atoms with Gasteiger partial charge in [0.2, 0.25) is 5.91 Å². The quantitative estimate of drug-likeness (QED) is 0.892. The van der Waals surface area contributed by atoms with Crippen LogP contribution in [0.2, 0.25) is 0 Å². The Morgan fingerprint density at radius 1 is 1.33 bits per heavy atom. The Hall–Kier alpha value is -1.69. The molecule has 2 atom stereocenters. The van der Waals surface area contributed by atoms with Crippen molar-refractivity contribution in [2.45, 2.75) is 42.4 Å². The van der Waals surface area contributed by atoms with E-state index in [2.05, 4.69) is 30.4 Å². The van der Waals surface area contributed by atoms with E-state index in [4.69, 9.17) is 0 Å². The van der Waals surface area contributed by atoms with E-state index in [1.807, 2.05) is 9.80 Å². The van der Waals surface area contributed by atoms with Crippen molar-refractivity contribution in [1.29, 1.82) is 0 Å². The van der Waals surface area contributed by atoms with Crippen molar-refractivity contribution in [3.8, 4) is 0 Å². The van der Waals surface area contributed by atoms with Crippen LogP contribution in [0.25, 0.3) is 0 Å². The van der Waals surface area contributed by atoms with Crippen molar-refractivity contribution >= 4 is 23.7 Å². The Morgan fingerprint density at radius 2 is 2.21 bits per heavy atom. The molecule has 3 heterocycles. The van der Waals surface area contributed by atoms with Crippen molar-refractivity contribution < 1.29 is 9.59 Å². The van der Waals surface area contributed by atoms with Gasteiger partial charge in [-0.1, -0.05) is 17.7 Å². The highest BCUT2D eigenvalue weighted by atomic mass is 32.2. The van der Waals surface area contributed by atoms with Crippen LogP contribution in [0.15, 0.2) is 23.1 Å². The minimum Gasteiger partial charge on any atom is -0.340 e. The van der Waals surface area contributed by atoms with Gasteiger partial charge in [-0.3, -0.25) is 4.79 Å². The first-order valence-corrected chi connectivity index (χ1v) is 9.59. The summed E-state index contributed by atoms with van der Waals surface area (Å²) in [5.74, 6) is 0.234. The molecule has 3 aliphatic heterocycles. The lowest BCUT2D eigenvalue weighted by atomic mass is 10.0. The number of aryl methyl sites for hydroxylation is 1. The summed E-state index contributed by atoms with van der Waals surface area (Å²) in [6.07, 6.45) is 2.79. The highest BCUT2D eigenvalue weighted by Gasteiger charge is 2.36. The molecule has 0 aliphatic carbocycles. The molecule has 3 amide bonds. The number of fused-ring (bicyclic) bond motifs is 1. The number of amides is 3. The number of carbonyl (C=O) groups is 2. The summed E-state index contributed by atoms with van der Waals surface area (Å²) in [7, 11) is 0. The molecule has 2 fully saturated rings. The molecule has 0 saturated carbocycles. The zero-order valence-corrected chi connectivity index (χ0v) is 14.8. The normalized spacial score (nSPS) is 26.5. The molecule has 128 valence electrons. The molecule has 0 aromatic heterocycles. The summed E-state index contributed by atoms with van der Waals surface area (Å²) in [5, 5.41) is 2.86. The van der Waals surface area contributed by atoms with Gasteiger partial charge in [0.1, 0.15) is 0 Å². The van der Waals surface area contributed by atoms with E-state index in [1.54, 1.807) is 11.8 Å². The summed E-state index contributed by atoms with van der Waals surface area (Å²) in [4.78, 5) is 30.0. The molecule has 0 spiro atoms. The average Bonchev–Trinajstić information content (AvgIpc) is 3.20. The number of hydrogen-bond donors (Lipinski definition) is 1. The standard InChI is InChI=1S/C18H23N3O2S/c1-12-4-5-13-10-16(24-15(13)9-12)17(22)20-7-2-3-14(11-20)21-8-6-19-18(21)23/h4-5,9,14,16H,2-3,6-8,10-11H2,1H3,(H,19,23)/t14-,16+/m1/s1. The Bertz CT molecular complexity index is 678. The maximum atomic E-state index is 13.0. The van der Waals surface area contributed by atoms with Gasteiger partial charge in [-0.05, 0) is 37.8 Å². The molecule has 2 saturated heterocycles. The van der Waals surface area contributed by atoms with Crippen molar-refractivity contribution in [2.75, 3.05) is 26.2 Å². The fraction of sp³-hybridized carbons (Fsp3) is 0.556. The lowest BCUT2D eigenvalue weighted by Gasteiger charge is -2.37. The molecule has 1 aromatic carbocycles. The van der Waals surface area contributed by atoms with Crippen LogP contribution in [0.1, 0.15) is 24.0 Å². The molecule has 3 aliphatic rings. The fourth-order valence-corrected chi connectivity index (χ4v) is 5.30. The largest absolute Gasteiger partial charge is 0.340 e. The highest BCUT2D eigenvalue weighted by Crippen LogP contribution is 2.38. The topological polar surface area (TPSA) is 52.7 Å². The maximum Gasteiger partial charge on any atom is 0.317 e. The predicted molar refractivity (Wildman–Crippen MR) is 94.2 cm³/mol. The Morgan fingerprint density at radius 3 is 3.00 bits per heavy atom. The number of carbonyl (C=O) groups excluding carboxylic acids is 2. The summed E-state index contributed by atoms with van der Waals surface area (Å²) in [5.41, 5.74) is 2.53. The van der Waals surface area contributed by atoms with Crippen molar-refractivity contribution in [1.82, 2.24) is 15.1 Å². The molecular weight excluding hydrogens is 322 g/mol. The zero-order valence-electron chi connectivity index (χ0n) is 14.0. The first kappa shape index (κ1) is 15.8. The van der Waals surface area contributed by atoms with E-state index in [-0.39, 0.29) is 23.2 Å². The number of benzene rings is 1. The van der Waals surface area contributed by atoms with Crippen LogP contribution in [0.4, 0.5) is 4.79 Å². The minimum atomic E-state index is -0.00652. The van der Waals surface area contributed by atoms with Gasteiger partial charge in [-0.2, -0.15) is 0 Å². The van der Waals surface area contributed by atoms with Crippen LogP contribution in [0.5, 0.6) is 0 Å². The predicted octanol–water partition coefficient (Wildman–Crippen LogP) is 2.03. The number of hydrogen-bond acceptors (Lipinski definition) is 3. The molecule has 4 rings (SSSR count). The second-order valence-electron chi connectivity index (χ2n) is 6.93. The van der Waals surface area contributed by atoms with Crippen molar-refractivity contribution in [3.05, 3.63) is 29.3 Å². The lowest BCUT2D eigenvalue weighted by molar-refractivity contribution is -0.132. The van der Waals surface area contributed by atoms with Gasteiger partial charge < -0.3 is 15.1 Å². The molecule has 1 N–H and O–H groups in total. The van der Waals surface area contributed by atoms with E-state index in [9.17, 15) is 9.59 Å². The number of urea groups is 1. The van der Waals surface area contributed by atoms with E-state index in [1.165, 1.54) is 16.0 Å². The van der Waals surface area contributed by atoms with E-state index in [0.717, 1.165) is 38.9 Å². The fourth-order valence-electron chi connectivity index (χ4n) is 3.92. The van der Waals surface area contributed by atoms with Crippen molar-refractivity contribution in [2.24, 2.45) is 0 Å². The van der Waals surface area contributed by atoms with Crippen molar-refractivity contribution in [3.63, 3.8) is 0 Å². The molecule has 0 bridgehead atoms. The third-order valence-electron chi connectivity index (χ3n) is 5.21. The van der Waals surface area contributed by atoms with Crippen LogP contribution in [-0.4, -0.2) is 59.2 Å². The second kappa shape index (κ2) is 6.31. The Labute approximate surface area is 146 Å². The summed E-state index contributed by atoms with van der Waals surface area (Å²) >= 11 is 1.70. The van der Waals surface area contributed by atoms with Gasteiger partial charge in [0.05, 0.1) is 11.3 Å². The van der Waals surface area contributed by atoms with Gasteiger partial charge in [-0.15, -0.1) is 11.8 Å². The van der Waals surface area contributed by atoms with Crippen LogP contribution >= 0.6 is 11.8 Å². The van der Waals surface area contributed by atoms with E-state index in [0.29, 0.717) is 6.54 Å². The van der Waals surface area contributed by atoms with Gasteiger partial charge >= 0.3 is 6.03 Å². The Balaban J connectivity index is 1.42. The number of nitrogens with one attached hydrogen (secondary N) is 1. The smallest absolute Gasteiger partial charge is 0.317 e. The first-order chi connectivity index (χ1) is 11.6. The molecule has 6 heteroatoms. The third kappa shape index (κ3) is 2.88. The van der Waals surface area contributed by atoms with E-state index >= 15 is 0 Å². The Kier molecular flexibility index (Phi) is 4.16. The van der Waals surface area contributed by atoms with Crippen LogP contribution in [0, 0.1) is 6.92 Å². The highest BCUT2D eigenvalue weighted by molar-refractivity contribution is 8.01. The molecular formula is C18H23N3O2S. The molecule has 24 heavy (non-hydrogen) atoms. The SMILES string of the molecule is Cc1ccc2c(c1)S[C@H](C(=O)N1CCC[C@@H](N3CCNC3=O)C1)C2.